The maximum atomic E-state index is 12.1. The summed E-state index contributed by atoms with van der Waals surface area (Å²) in [4.78, 5) is 17.4. The van der Waals surface area contributed by atoms with E-state index in [9.17, 15) is 4.79 Å². The highest BCUT2D eigenvalue weighted by Crippen LogP contribution is 2.22. The van der Waals surface area contributed by atoms with Crippen LogP contribution in [0.25, 0.3) is 0 Å². The highest BCUT2D eigenvalue weighted by molar-refractivity contribution is 7.15. The van der Waals surface area contributed by atoms with E-state index in [1.165, 1.54) is 23.2 Å². The number of nitrogens with zero attached hydrogens (tertiary/aromatic N) is 1. The van der Waals surface area contributed by atoms with Crippen LogP contribution in [0.1, 0.15) is 26.6 Å². The van der Waals surface area contributed by atoms with E-state index in [0.717, 1.165) is 11.3 Å². The van der Waals surface area contributed by atoms with Crippen LogP contribution in [-0.4, -0.2) is 10.9 Å². The molecule has 4 nitrogen and oxygen atoms in total. The summed E-state index contributed by atoms with van der Waals surface area (Å²) in [7, 11) is 0. The van der Waals surface area contributed by atoms with E-state index in [0.29, 0.717) is 16.5 Å². The number of benzene rings is 1. The standard InChI is InChI=1S/C16H14N2O2S/c1-11-14(7-8-20-11)15(19)18-16-17-10-13(21-16)9-12-5-3-2-4-6-12/h2-8,10H,9H2,1H3,(H,17,18,19). The Bertz CT molecular complexity index is 746. The van der Waals surface area contributed by atoms with E-state index in [1.54, 1.807) is 19.2 Å². The van der Waals surface area contributed by atoms with Crippen LogP contribution in [0.15, 0.2) is 53.3 Å². The molecule has 0 saturated heterocycles. The maximum absolute atomic E-state index is 12.1. The molecule has 0 saturated carbocycles. The molecular formula is C16H14N2O2S. The average Bonchev–Trinajstić information content (AvgIpc) is 3.09. The number of rotatable bonds is 4. The molecule has 21 heavy (non-hydrogen) atoms. The maximum Gasteiger partial charge on any atom is 0.260 e. The molecule has 5 heteroatoms. The summed E-state index contributed by atoms with van der Waals surface area (Å²) in [6.07, 6.45) is 4.13. The largest absolute Gasteiger partial charge is 0.469 e. The number of thiazole rings is 1. The van der Waals surface area contributed by atoms with Gasteiger partial charge in [-0.15, -0.1) is 11.3 Å². The summed E-state index contributed by atoms with van der Waals surface area (Å²) >= 11 is 1.49. The normalized spacial score (nSPS) is 10.5. The molecule has 2 heterocycles. The van der Waals surface area contributed by atoms with E-state index < -0.39 is 0 Å². The fraction of sp³-hybridized carbons (Fsp3) is 0.125. The van der Waals surface area contributed by atoms with Gasteiger partial charge in [0.1, 0.15) is 5.76 Å². The molecule has 0 atom stereocenters. The molecule has 0 aliphatic carbocycles. The topological polar surface area (TPSA) is 55.1 Å². The van der Waals surface area contributed by atoms with Gasteiger partial charge in [-0.3, -0.25) is 10.1 Å². The molecule has 0 radical (unpaired) electrons. The van der Waals surface area contributed by atoms with Crippen LogP contribution >= 0.6 is 11.3 Å². The Morgan fingerprint density at radius 3 is 2.81 bits per heavy atom. The van der Waals surface area contributed by atoms with Gasteiger partial charge in [-0.2, -0.15) is 0 Å². The third-order valence-corrected chi connectivity index (χ3v) is 4.01. The fourth-order valence-corrected chi connectivity index (χ4v) is 2.87. The van der Waals surface area contributed by atoms with Crippen molar-refractivity contribution in [3.63, 3.8) is 0 Å². The number of amides is 1. The van der Waals surface area contributed by atoms with Gasteiger partial charge >= 0.3 is 0 Å². The lowest BCUT2D eigenvalue weighted by Crippen LogP contribution is -2.11. The number of carbonyl (C=O) groups is 1. The summed E-state index contributed by atoms with van der Waals surface area (Å²) in [5.74, 6) is 0.412. The molecule has 1 N–H and O–H groups in total. The predicted octanol–water partition coefficient (Wildman–Crippen LogP) is 3.89. The Labute approximate surface area is 126 Å². The average molecular weight is 298 g/mol. The van der Waals surface area contributed by atoms with Crippen LogP contribution in [0.5, 0.6) is 0 Å². The number of carbonyl (C=O) groups excluding carboxylic acids is 1. The Morgan fingerprint density at radius 1 is 1.29 bits per heavy atom. The molecule has 0 unspecified atom stereocenters. The second-order valence-corrected chi connectivity index (χ2v) is 5.75. The molecule has 0 aliphatic heterocycles. The van der Waals surface area contributed by atoms with Crippen molar-refractivity contribution >= 4 is 22.4 Å². The van der Waals surface area contributed by atoms with Gasteiger partial charge < -0.3 is 4.42 Å². The fourth-order valence-electron chi connectivity index (χ4n) is 2.03. The van der Waals surface area contributed by atoms with Crippen LogP contribution in [0.2, 0.25) is 0 Å². The molecule has 0 aliphatic rings. The summed E-state index contributed by atoms with van der Waals surface area (Å²) < 4.78 is 5.13. The Hall–Kier alpha value is -2.40. The van der Waals surface area contributed by atoms with Crippen molar-refractivity contribution < 1.29 is 9.21 Å². The van der Waals surface area contributed by atoms with Crippen LogP contribution in [0.3, 0.4) is 0 Å². The first-order valence-corrected chi connectivity index (χ1v) is 7.38. The highest BCUT2D eigenvalue weighted by Gasteiger charge is 2.13. The molecule has 0 bridgehead atoms. The minimum Gasteiger partial charge on any atom is -0.469 e. The van der Waals surface area contributed by atoms with Gasteiger partial charge in [-0.05, 0) is 18.6 Å². The van der Waals surface area contributed by atoms with Crippen LogP contribution in [0, 0.1) is 6.92 Å². The lowest BCUT2D eigenvalue weighted by atomic mass is 10.1. The van der Waals surface area contributed by atoms with Gasteiger partial charge in [0, 0.05) is 17.5 Å². The molecular weight excluding hydrogens is 284 g/mol. The first-order valence-electron chi connectivity index (χ1n) is 6.56. The molecule has 1 amide bonds. The smallest absolute Gasteiger partial charge is 0.260 e. The van der Waals surface area contributed by atoms with E-state index in [1.807, 2.05) is 18.2 Å². The van der Waals surface area contributed by atoms with Gasteiger partial charge in [0.05, 0.1) is 11.8 Å². The summed E-state index contributed by atoms with van der Waals surface area (Å²) in [6, 6.07) is 11.8. The van der Waals surface area contributed by atoms with Crippen LogP contribution in [-0.2, 0) is 6.42 Å². The summed E-state index contributed by atoms with van der Waals surface area (Å²) in [6.45, 7) is 1.76. The molecule has 3 aromatic rings. The van der Waals surface area contributed by atoms with Crippen molar-refractivity contribution in [2.24, 2.45) is 0 Å². The quantitative estimate of drug-likeness (QED) is 0.795. The Morgan fingerprint density at radius 2 is 2.10 bits per heavy atom. The van der Waals surface area contributed by atoms with E-state index in [-0.39, 0.29) is 5.91 Å². The zero-order chi connectivity index (χ0) is 14.7. The monoisotopic (exact) mass is 298 g/mol. The molecule has 1 aromatic carbocycles. The van der Waals surface area contributed by atoms with Crippen molar-refractivity contribution in [3.05, 3.63) is 70.6 Å². The second kappa shape index (κ2) is 5.93. The molecule has 0 spiro atoms. The number of aryl methyl sites for hydroxylation is 1. The first-order chi connectivity index (χ1) is 10.2. The summed E-state index contributed by atoms with van der Waals surface area (Å²) in [5.41, 5.74) is 1.76. The van der Waals surface area contributed by atoms with Gasteiger partial charge in [-0.25, -0.2) is 4.98 Å². The minimum atomic E-state index is -0.193. The van der Waals surface area contributed by atoms with E-state index in [2.05, 4.69) is 22.4 Å². The lowest BCUT2D eigenvalue weighted by Gasteiger charge is -1.99. The number of hydrogen-bond donors (Lipinski definition) is 1. The molecule has 0 fully saturated rings. The SMILES string of the molecule is Cc1occc1C(=O)Nc1ncc(Cc2ccccc2)s1. The third-order valence-electron chi connectivity index (χ3n) is 3.10. The van der Waals surface area contributed by atoms with Gasteiger partial charge in [0.2, 0.25) is 0 Å². The highest BCUT2D eigenvalue weighted by atomic mass is 32.1. The minimum absolute atomic E-state index is 0.193. The first kappa shape index (κ1) is 13.6. The van der Waals surface area contributed by atoms with Crippen molar-refractivity contribution in [1.82, 2.24) is 4.98 Å². The van der Waals surface area contributed by atoms with Crippen LogP contribution in [0.4, 0.5) is 5.13 Å². The third kappa shape index (κ3) is 3.20. The number of hydrogen-bond acceptors (Lipinski definition) is 4. The predicted molar refractivity (Wildman–Crippen MR) is 82.8 cm³/mol. The zero-order valence-electron chi connectivity index (χ0n) is 11.5. The van der Waals surface area contributed by atoms with Gasteiger partial charge in [0.15, 0.2) is 5.13 Å². The van der Waals surface area contributed by atoms with Gasteiger partial charge in [0.25, 0.3) is 5.91 Å². The van der Waals surface area contributed by atoms with Crippen molar-refractivity contribution in [2.45, 2.75) is 13.3 Å². The Kier molecular flexibility index (Phi) is 3.83. The molecule has 106 valence electrons. The molecule has 2 aromatic heterocycles. The van der Waals surface area contributed by atoms with Crippen molar-refractivity contribution in [3.8, 4) is 0 Å². The van der Waals surface area contributed by atoms with Gasteiger partial charge in [-0.1, -0.05) is 30.3 Å². The Balaban J connectivity index is 1.68. The molecule has 3 rings (SSSR count). The lowest BCUT2D eigenvalue weighted by molar-refractivity contribution is 0.102. The van der Waals surface area contributed by atoms with E-state index in [4.69, 9.17) is 4.42 Å². The van der Waals surface area contributed by atoms with E-state index >= 15 is 0 Å². The number of anilines is 1. The van der Waals surface area contributed by atoms with Crippen molar-refractivity contribution in [2.75, 3.05) is 5.32 Å². The number of nitrogens with one attached hydrogen (secondary N) is 1. The summed E-state index contributed by atoms with van der Waals surface area (Å²) in [5, 5.41) is 3.40. The van der Waals surface area contributed by atoms with Crippen molar-refractivity contribution in [1.29, 1.82) is 0 Å². The van der Waals surface area contributed by atoms with Crippen LogP contribution < -0.4 is 5.32 Å². The number of aromatic nitrogens is 1. The second-order valence-electron chi connectivity index (χ2n) is 4.64. The number of furan rings is 1. The zero-order valence-corrected chi connectivity index (χ0v) is 12.3.